The summed E-state index contributed by atoms with van der Waals surface area (Å²) in [6, 6.07) is 16.1. The molecule has 6 heteroatoms. The topological polar surface area (TPSA) is 61.9 Å². The molecule has 1 heterocycles. The van der Waals surface area contributed by atoms with Gasteiger partial charge in [-0.15, -0.1) is 0 Å². The van der Waals surface area contributed by atoms with Crippen LogP contribution in [0.4, 0.5) is 5.69 Å². The van der Waals surface area contributed by atoms with Crippen LogP contribution in [0.25, 0.3) is 0 Å². The molecule has 170 valence electrons. The number of carbonyl (C=O) groups excluding carboxylic acids is 2. The lowest BCUT2D eigenvalue weighted by Gasteiger charge is -2.26. The van der Waals surface area contributed by atoms with E-state index in [4.69, 9.17) is 4.74 Å². The van der Waals surface area contributed by atoms with Gasteiger partial charge in [0, 0.05) is 37.8 Å². The molecule has 0 atom stereocenters. The van der Waals surface area contributed by atoms with Gasteiger partial charge in [-0.3, -0.25) is 14.5 Å². The summed E-state index contributed by atoms with van der Waals surface area (Å²) in [6.07, 6.45) is 2.30. The molecule has 2 aliphatic rings. The maximum absolute atomic E-state index is 13.0. The van der Waals surface area contributed by atoms with Crippen LogP contribution in [0.15, 0.2) is 48.5 Å². The number of hydrogen-bond donors (Lipinski definition) is 1. The first-order valence-corrected chi connectivity index (χ1v) is 11.6. The number of aryl methyl sites for hydroxylation is 1. The monoisotopic (exact) mass is 435 g/mol. The van der Waals surface area contributed by atoms with Crippen LogP contribution in [0.3, 0.4) is 0 Å². The first kappa shape index (κ1) is 22.5. The van der Waals surface area contributed by atoms with E-state index in [1.165, 1.54) is 5.56 Å². The van der Waals surface area contributed by atoms with Crippen LogP contribution in [-0.2, 0) is 27.3 Å². The second-order valence-electron chi connectivity index (χ2n) is 8.83. The van der Waals surface area contributed by atoms with Crippen molar-refractivity contribution in [2.75, 3.05) is 44.3 Å². The van der Waals surface area contributed by atoms with Gasteiger partial charge in [0.2, 0.25) is 11.8 Å². The van der Waals surface area contributed by atoms with Gasteiger partial charge in [0.05, 0.1) is 26.2 Å². The van der Waals surface area contributed by atoms with Crippen LogP contribution in [-0.4, -0.2) is 56.1 Å². The number of benzene rings is 2. The third-order valence-corrected chi connectivity index (χ3v) is 6.08. The summed E-state index contributed by atoms with van der Waals surface area (Å²) in [7, 11) is 0. The Morgan fingerprint density at radius 2 is 1.81 bits per heavy atom. The van der Waals surface area contributed by atoms with E-state index in [0.29, 0.717) is 19.5 Å². The smallest absolute Gasteiger partial charge is 0.230 e. The van der Waals surface area contributed by atoms with Crippen LogP contribution in [0.2, 0.25) is 0 Å². The minimum Gasteiger partial charge on any atom is -0.379 e. The molecule has 2 fully saturated rings. The van der Waals surface area contributed by atoms with Crippen molar-refractivity contribution in [3.8, 4) is 0 Å². The van der Waals surface area contributed by atoms with Crippen molar-refractivity contribution in [1.29, 1.82) is 0 Å². The van der Waals surface area contributed by atoms with E-state index >= 15 is 0 Å². The average molecular weight is 436 g/mol. The fourth-order valence-electron chi connectivity index (χ4n) is 4.06. The number of anilines is 1. The number of ether oxygens (including phenoxy) is 1. The minimum atomic E-state index is 0.0247. The highest BCUT2D eigenvalue weighted by Crippen LogP contribution is 2.33. The molecule has 1 saturated carbocycles. The van der Waals surface area contributed by atoms with E-state index in [0.717, 1.165) is 62.5 Å². The summed E-state index contributed by atoms with van der Waals surface area (Å²) in [5.74, 6) is 0.369. The Balaban J connectivity index is 1.33. The van der Waals surface area contributed by atoms with Crippen LogP contribution in [0, 0.1) is 12.8 Å². The normalized spacial score (nSPS) is 16.5. The van der Waals surface area contributed by atoms with Crippen LogP contribution in [0.5, 0.6) is 0 Å². The second kappa shape index (κ2) is 10.7. The molecule has 32 heavy (non-hydrogen) atoms. The third kappa shape index (κ3) is 6.40. The van der Waals surface area contributed by atoms with Gasteiger partial charge >= 0.3 is 0 Å². The quantitative estimate of drug-likeness (QED) is 0.658. The zero-order chi connectivity index (χ0) is 22.3. The second-order valence-corrected chi connectivity index (χ2v) is 8.83. The molecule has 6 nitrogen and oxygen atoms in total. The van der Waals surface area contributed by atoms with Crippen molar-refractivity contribution in [2.45, 2.75) is 32.7 Å². The fourth-order valence-corrected chi connectivity index (χ4v) is 4.06. The number of nitrogens with one attached hydrogen (secondary N) is 1. The van der Waals surface area contributed by atoms with Gasteiger partial charge in [-0.1, -0.05) is 42.0 Å². The van der Waals surface area contributed by atoms with Crippen molar-refractivity contribution in [3.63, 3.8) is 0 Å². The molecule has 2 amide bonds. The first-order valence-electron chi connectivity index (χ1n) is 11.6. The van der Waals surface area contributed by atoms with Gasteiger partial charge < -0.3 is 15.0 Å². The predicted molar refractivity (Wildman–Crippen MR) is 126 cm³/mol. The fraction of sp³-hybridized carbons (Fsp3) is 0.462. The Bertz CT molecular complexity index is 918. The van der Waals surface area contributed by atoms with E-state index in [1.54, 1.807) is 0 Å². The molecule has 1 saturated heterocycles. The minimum absolute atomic E-state index is 0.0247. The molecule has 1 aliphatic carbocycles. The van der Waals surface area contributed by atoms with E-state index < -0.39 is 0 Å². The summed E-state index contributed by atoms with van der Waals surface area (Å²) in [5.41, 5.74) is 4.16. The Morgan fingerprint density at radius 1 is 1.06 bits per heavy atom. The lowest BCUT2D eigenvalue weighted by Crippen LogP contribution is -2.41. The highest BCUT2D eigenvalue weighted by Gasteiger charge is 2.34. The number of rotatable bonds is 9. The average Bonchev–Trinajstić information content (AvgIpc) is 3.64. The Morgan fingerprint density at radius 3 is 2.50 bits per heavy atom. The van der Waals surface area contributed by atoms with Gasteiger partial charge in [-0.2, -0.15) is 0 Å². The molecular formula is C26H33N3O3. The molecular weight excluding hydrogens is 402 g/mol. The number of morpholine rings is 1. The number of amides is 2. The standard InChI is InChI=1S/C26H33N3O3/c1-20-3-2-4-22(17-20)19-29(26(31)23-7-8-23)24-9-5-21(6-10-24)18-25(30)27-11-12-28-13-15-32-16-14-28/h2-6,9-10,17,23H,7-8,11-16,18-19H2,1H3,(H,27,30). The summed E-state index contributed by atoms with van der Waals surface area (Å²) in [5, 5.41) is 3.01. The largest absolute Gasteiger partial charge is 0.379 e. The van der Waals surface area contributed by atoms with Crippen molar-refractivity contribution in [1.82, 2.24) is 10.2 Å². The highest BCUT2D eigenvalue weighted by molar-refractivity contribution is 5.96. The zero-order valence-electron chi connectivity index (χ0n) is 18.9. The molecule has 0 unspecified atom stereocenters. The van der Waals surface area contributed by atoms with Crippen molar-refractivity contribution < 1.29 is 14.3 Å². The maximum atomic E-state index is 13.0. The zero-order valence-corrected chi connectivity index (χ0v) is 18.9. The third-order valence-electron chi connectivity index (χ3n) is 6.08. The van der Waals surface area contributed by atoms with Gasteiger partial charge in [-0.25, -0.2) is 0 Å². The predicted octanol–water partition coefficient (Wildman–Crippen LogP) is 2.93. The molecule has 0 bridgehead atoms. The van der Waals surface area contributed by atoms with Gasteiger partial charge in [0.25, 0.3) is 0 Å². The lowest BCUT2D eigenvalue weighted by atomic mass is 10.1. The van der Waals surface area contributed by atoms with Gasteiger partial charge in [0.1, 0.15) is 0 Å². The van der Waals surface area contributed by atoms with E-state index in [1.807, 2.05) is 35.2 Å². The number of nitrogens with zero attached hydrogens (tertiary/aromatic N) is 2. The van der Waals surface area contributed by atoms with Crippen LogP contribution in [0.1, 0.15) is 29.5 Å². The van der Waals surface area contributed by atoms with E-state index in [-0.39, 0.29) is 17.7 Å². The highest BCUT2D eigenvalue weighted by atomic mass is 16.5. The first-order chi connectivity index (χ1) is 15.6. The Hall–Kier alpha value is -2.70. The van der Waals surface area contributed by atoms with Crippen molar-refractivity contribution in [3.05, 3.63) is 65.2 Å². The molecule has 0 aromatic heterocycles. The lowest BCUT2D eigenvalue weighted by molar-refractivity contribution is -0.121. The van der Waals surface area contributed by atoms with E-state index in [9.17, 15) is 9.59 Å². The molecule has 0 spiro atoms. The van der Waals surface area contributed by atoms with Gasteiger partial charge in [0.15, 0.2) is 0 Å². The number of carbonyl (C=O) groups is 2. The summed E-state index contributed by atoms with van der Waals surface area (Å²) >= 11 is 0. The van der Waals surface area contributed by atoms with E-state index in [2.05, 4.69) is 35.3 Å². The van der Waals surface area contributed by atoms with Crippen molar-refractivity contribution >= 4 is 17.5 Å². The Kier molecular flexibility index (Phi) is 7.55. The van der Waals surface area contributed by atoms with Crippen LogP contribution >= 0.6 is 0 Å². The summed E-state index contributed by atoms with van der Waals surface area (Å²) in [4.78, 5) is 29.5. The van der Waals surface area contributed by atoms with Gasteiger partial charge in [-0.05, 0) is 43.0 Å². The Labute approximate surface area is 190 Å². The van der Waals surface area contributed by atoms with Crippen molar-refractivity contribution in [2.24, 2.45) is 5.92 Å². The van der Waals surface area contributed by atoms with Crippen LogP contribution < -0.4 is 10.2 Å². The molecule has 0 radical (unpaired) electrons. The summed E-state index contributed by atoms with van der Waals surface area (Å²) < 4.78 is 5.35. The molecule has 1 N–H and O–H groups in total. The molecule has 1 aliphatic heterocycles. The maximum Gasteiger partial charge on any atom is 0.230 e. The molecule has 2 aromatic carbocycles. The number of hydrogen-bond acceptors (Lipinski definition) is 4. The summed E-state index contributed by atoms with van der Waals surface area (Å²) in [6.45, 7) is 7.53. The SMILES string of the molecule is Cc1cccc(CN(C(=O)C2CC2)c2ccc(CC(=O)NCCN3CCOCC3)cc2)c1. The molecule has 2 aromatic rings. The molecule has 4 rings (SSSR count).